The monoisotopic (exact) mass is 285 g/mol. The van der Waals surface area contributed by atoms with Gasteiger partial charge in [-0.3, -0.25) is 0 Å². The van der Waals surface area contributed by atoms with Crippen LogP contribution in [0.2, 0.25) is 0 Å². The predicted molar refractivity (Wildman–Crippen MR) is 84.6 cm³/mol. The van der Waals surface area contributed by atoms with Gasteiger partial charge in [0.1, 0.15) is 0 Å². The lowest BCUT2D eigenvalue weighted by Gasteiger charge is -2.17. The van der Waals surface area contributed by atoms with E-state index in [9.17, 15) is 0 Å². The summed E-state index contributed by atoms with van der Waals surface area (Å²) >= 11 is 0. The zero-order valence-corrected chi connectivity index (χ0v) is 13.2. The molecule has 1 aromatic heterocycles. The molecule has 1 N–H and O–H groups in total. The molecule has 1 atom stereocenters. The van der Waals surface area contributed by atoms with E-state index < -0.39 is 0 Å². The fourth-order valence-electron chi connectivity index (χ4n) is 2.32. The number of hydrogen-bond acceptors (Lipinski definition) is 4. The SMILES string of the molecule is CCNC(Cc1ccc(C)c(C)c1)c1ccc(OC)nn1. The molecule has 1 aromatic carbocycles. The van der Waals surface area contributed by atoms with Crippen molar-refractivity contribution in [1.82, 2.24) is 15.5 Å². The third-order valence-corrected chi connectivity index (χ3v) is 3.69. The molecule has 0 radical (unpaired) electrons. The van der Waals surface area contributed by atoms with Crippen molar-refractivity contribution in [2.45, 2.75) is 33.2 Å². The molecule has 112 valence electrons. The van der Waals surface area contributed by atoms with E-state index in [1.807, 2.05) is 12.1 Å². The van der Waals surface area contributed by atoms with Crippen molar-refractivity contribution in [3.8, 4) is 5.88 Å². The van der Waals surface area contributed by atoms with Crippen LogP contribution in [-0.2, 0) is 6.42 Å². The van der Waals surface area contributed by atoms with Crippen LogP contribution in [0.1, 0.15) is 35.3 Å². The highest BCUT2D eigenvalue weighted by atomic mass is 16.5. The van der Waals surface area contributed by atoms with Gasteiger partial charge < -0.3 is 10.1 Å². The summed E-state index contributed by atoms with van der Waals surface area (Å²) in [5, 5.41) is 11.8. The Balaban J connectivity index is 2.19. The van der Waals surface area contributed by atoms with E-state index in [4.69, 9.17) is 4.74 Å². The average Bonchev–Trinajstić information content (AvgIpc) is 2.50. The molecule has 1 heterocycles. The van der Waals surface area contributed by atoms with Crippen LogP contribution < -0.4 is 10.1 Å². The lowest BCUT2D eigenvalue weighted by Crippen LogP contribution is -2.24. The van der Waals surface area contributed by atoms with Gasteiger partial charge in [-0.25, -0.2) is 0 Å². The number of likely N-dealkylation sites (N-methyl/N-ethyl adjacent to an activating group) is 1. The Hall–Kier alpha value is -1.94. The van der Waals surface area contributed by atoms with Crippen LogP contribution in [0.25, 0.3) is 0 Å². The third kappa shape index (κ3) is 4.02. The maximum Gasteiger partial charge on any atom is 0.233 e. The topological polar surface area (TPSA) is 47.0 Å². The highest BCUT2D eigenvalue weighted by Gasteiger charge is 2.14. The molecule has 2 rings (SSSR count). The van der Waals surface area contributed by atoms with Gasteiger partial charge in [-0.05, 0) is 49.6 Å². The second-order valence-electron chi connectivity index (χ2n) is 5.23. The number of aryl methyl sites for hydroxylation is 2. The van der Waals surface area contributed by atoms with Crippen LogP contribution in [-0.4, -0.2) is 23.9 Å². The summed E-state index contributed by atoms with van der Waals surface area (Å²) in [6.45, 7) is 7.28. The lowest BCUT2D eigenvalue weighted by atomic mass is 9.99. The van der Waals surface area contributed by atoms with Gasteiger partial charge in [0.25, 0.3) is 0 Å². The summed E-state index contributed by atoms with van der Waals surface area (Å²) in [4.78, 5) is 0. The van der Waals surface area contributed by atoms with Crippen molar-refractivity contribution in [1.29, 1.82) is 0 Å². The number of nitrogens with one attached hydrogen (secondary N) is 1. The molecular formula is C17H23N3O. The zero-order valence-electron chi connectivity index (χ0n) is 13.2. The lowest BCUT2D eigenvalue weighted by molar-refractivity contribution is 0.389. The second kappa shape index (κ2) is 7.18. The molecule has 0 saturated heterocycles. The molecule has 0 spiro atoms. The normalized spacial score (nSPS) is 12.2. The first-order valence-corrected chi connectivity index (χ1v) is 7.31. The number of aromatic nitrogens is 2. The summed E-state index contributed by atoms with van der Waals surface area (Å²) in [6.07, 6.45) is 0.899. The van der Waals surface area contributed by atoms with Crippen molar-refractivity contribution in [3.63, 3.8) is 0 Å². The Labute approximate surface area is 126 Å². The summed E-state index contributed by atoms with van der Waals surface area (Å²) in [6, 6.07) is 10.6. The first-order valence-electron chi connectivity index (χ1n) is 7.31. The minimum absolute atomic E-state index is 0.163. The van der Waals surface area contributed by atoms with Crippen LogP contribution in [0.15, 0.2) is 30.3 Å². The molecule has 0 bridgehead atoms. The van der Waals surface area contributed by atoms with E-state index in [0.29, 0.717) is 5.88 Å². The highest BCUT2D eigenvalue weighted by molar-refractivity contribution is 5.31. The molecule has 0 saturated carbocycles. The van der Waals surface area contributed by atoms with Gasteiger partial charge in [0.2, 0.25) is 5.88 Å². The smallest absolute Gasteiger partial charge is 0.233 e. The van der Waals surface area contributed by atoms with Crippen LogP contribution in [0.3, 0.4) is 0 Å². The number of ether oxygens (including phenoxy) is 1. The summed E-state index contributed by atoms with van der Waals surface area (Å²) in [5.41, 5.74) is 4.89. The van der Waals surface area contributed by atoms with Crippen LogP contribution >= 0.6 is 0 Å². The first-order chi connectivity index (χ1) is 10.1. The minimum atomic E-state index is 0.163. The average molecular weight is 285 g/mol. The highest BCUT2D eigenvalue weighted by Crippen LogP contribution is 2.19. The van der Waals surface area contributed by atoms with E-state index in [0.717, 1.165) is 18.7 Å². The Kier molecular flexibility index (Phi) is 5.28. The van der Waals surface area contributed by atoms with Gasteiger partial charge in [0.15, 0.2) is 0 Å². The Morgan fingerprint density at radius 3 is 2.48 bits per heavy atom. The first kappa shape index (κ1) is 15.4. The predicted octanol–water partition coefficient (Wildman–Crippen LogP) is 3.00. The molecule has 21 heavy (non-hydrogen) atoms. The van der Waals surface area contributed by atoms with Crippen molar-refractivity contribution >= 4 is 0 Å². The van der Waals surface area contributed by atoms with Crippen LogP contribution in [0.4, 0.5) is 0 Å². The van der Waals surface area contributed by atoms with Crippen molar-refractivity contribution in [3.05, 3.63) is 52.7 Å². The number of nitrogens with zero attached hydrogens (tertiary/aromatic N) is 2. The summed E-state index contributed by atoms with van der Waals surface area (Å²) in [7, 11) is 1.60. The zero-order chi connectivity index (χ0) is 15.2. The Morgan fingerprint density at radius 2 is 1.90 bits per heavy atom. The van der Waals surface area contributed by atoms with Crippen LogP contribution in [0, 0.1) is 13.8 Å². The van der Waals surface area contributed by atoms with Gasteiger partial charge in [0.05, 0.1) is 18.8 Å². The molecule has 0 fully saturated rings. The maximum atomic E-state index is 5.06. The number of rotatable bonds is 6. The fourth-order valence-corrected chi connectivity index (χ4v) is 2.32. The van der Waals surface area contributed by atoms with Gasteiger partial charge in [-0.1, -0.05) is 25.1 Å². The molecule has 4 heteroatoms. The molecule has 0 aliphatic carbocycles. The largest absolute Gasteiger partial charge is 0.480 e. The summed E-state index contributed by atoms with van der Waals surface area (Å²) in [5.74, 6) is 0.542. The van der Waals surface area contributed by atoms with E-state index >= 15 is 0 Å². The maximum absolute atomic E-state index is 5.06. The standard InChI is InChI=1S/C17H23N3O/c1-5-18-16(15-8-9-17(21-4)20-19-15)11-14-7-6-12(2)13(3)10-14/h6-10,16,18H,5,11H2,1-4H3. The van der Waals surface area contributed by atoms with E-state index in [1.54, 1.807) is 7.11 Å². The van der Waals surface area contributed by atoms with Crippen molar-refractivity contribution in [2.75, 3.05) is 13.7 Å². The van der Waals surface area contributed by atoms with Gasteiger partial charge in [-0.15, -0.1) is 5.10 Å². The third-order valence-electron chi connectivity index (χ3n) is 3.69. The molecular weight excluding hydrogens is 262 g/mol. The molecule has 0 aliphatic rings. The molecule has 1 unspecified atom stereocenters. The number of methoxy groups -OCH3 is 1. The van der Waals surface area contributed by atoms with Crippen molar-refractivity contribution in [2.24, 2.45) is 0 Å². The second-order valence-corrected chi connectivity index (χ2v) is 5.23. The van der Waals surface area contributed by atoms with Crippen LogP contribution in [0.5, 0.6) is 5.88 Å². The molecule has 4 nitrogen and oxygen atoms in total. The number of benzene rings is 1. The fraction of sp³-hybridized carbons (Fsp3) is 0.412. The van der Waals surface area contributed by atoms with Gasteiger partial charge in [-0.2, -0.15) is 5.10 Å². The van der Waals surface area contributed by atoms with Crippen molar-refractivity contribution < 1.29 is 4.74 Å². The summed E-state index contributed by atoms with van der Waals surface area (Å²) < 4.78 is 5.06. The molecule has 2 aromatic rings. The van der Waals surface area contributed by atoms with E-state index in [-0.39, 0.29) is 6.04 Å². The van der Waals surface area contributed by atoms with E-state index in [2.05, 4.69) is 54.5 Å². The quantitative estimate of drug-likeness (QED) is 0.886. The van der Waals surface area contributed by atoms with Gasteiger partial charge >= 0.3 is 0 Å². The van der Waals surface area contributed by atoms with Gasteiger partial charge in [0, 0.05) is 6.07 Å². The minimum Gasteiger partial charge on any atom is -0.480 e. The Morgan fingerprint density at radius 1 is 1.10 bits per heavy atom. The molecule has 0 amide bonds. The van der Waals surface area contributed by atoms with E-state index in [1.165, 1.54) is 16.7 Å². The molecule has 0 aliphatic heterocycles. The number of hydrogen-bond donors (Lipinski definition) is 1. The Bertz CT molecular complexity index is 581.